The second-order valence-corrected chi connectivity index (χ2v) is 8.07. The van der Waals surface area contributed by atoms with Gasteiger partial charge in [-0.2, -0.15) is 4.98 Å². The average Bonchev–Trinajstić information content (AvgIpc) is 3.38. The minimum Gasteiger partial charge on any atom is -0.329 e. The molecule has 0 amide bonds. The average molecular weight is 474 g/mol. The first-order chi connectivity index (χ1) is 17.0. The molecule has 5 rings (SSSR count). The van der Waals surface area contributed by atoms with Crippen LogP contribution in [-0.2, 0) is 6.42 Å². The standard InChI is InChI=1S/C26H23F2N5.C2H6/c1-3-5-17-8-13-22-23(14-17)33-16-29-31-26(33)30-25(22)32(2)21-7-4-6-20(15-21)18-9-11-19(12-10-18)24(27)28;1-2/h4,6-16,24H,3,5H2,1-2H3;1-2H3. The van der Waals surface area contributed by atoms with E-state index < -0.39 is 6.43 Å². The smallest absolute Gasteiger partial charge is 0.263 e. The Labute approximate surface area is 204 Å². The van der Waals surface area contributed by atoms with Crippen LogP contribution >= 0.6 is 0 Å². The van der Waals surface area contributed by atoms with Crippen molar-refractivity contribution in [2.24, 2.45) is 0 Å². The molecule has 2 aromatic heterocycles. The first kappa shape index (κ1) is 24.3. The minimum absolute atomic E-state index is 0.0201. The van der Waals surface area contributed by atoms with E-state index in [1.807, 2.05) is 54.5 Å². The third-order valence-electron chi connectivity index (χ3n) is 5.88. The number of fused-ring (bicyclic) bond motifs is 3. The highest BCUT2D eigenvalue weighted by Gasteiger charge is 2.16. The number of aromatic nitrogens is 4. The van der Waals surface area contributed by atoms with Gasteiger partial charge in [0.15, 0.2) is 0 Å². The van der Waals surface area contributed by atoms with Crippen LogP contribution in [0.5, 0.6) is 0 Å². The van der Waals surface area contributed by atoms with Gasteiger partial charge in [0.25, 0.3) is 12.2 Å². The fraction of sp³-hybridized carbons (Fsp3) is 0.250. The number of hydrogen-bond acceptors (Lipinski definition) is 4. The largest absolute Gasteiger partial charge is 0.329 e. The number of alkyl halides is 2. The van der Waals surface area contributed by atoms with Crippen LogP contribution in [0.2, 0.25) is 0 Å². The molecule has 0 radical (unpaired) electrons. The molecular weight excluding hydrogens is 444 g/mol. The van der Waals surface area contributed by atoms with Gasteiger partial charge in [-0.1, -0.05) is 69.7 Å². The quantitative estimate of drug-likeness (QED) is 0.254. The van der Waals surface area contributed by atoms with Crippen molar-refractivity contribution < 1.29 is 8.78 Å². The van der Waals surface area contributed by atoms with Crippen LogP contribution in [0.3, 0.4) is 0 Å². The first-order valence-electron chi connectivity index (χ1n) is 11.9. The third-order valence-corrected chi connectivity index (χ3v) is 5.88. The zero-order valence-electron chi connectivity index (χ0n) is 20.4. The Balaban J connectivity index is 0.00000141. The van der Waals surface area contributed by atoms with E-state index in [1.165, 1.54) is 17.7 Å². The predicted molar refractivity (Wildman–Crippen MR) is 139 cm³/mol. The van der Waals surface area contributed by atoms with Crippen LogP contribution < -0.4 is 4.90 Å². The molecule has 0 spiro atoms. The van der Waals surface area contributed by atoms with E-state index in [-0.39, 0.29) is 5.56 Å². The lowest BCUT2D eigenvalue weighted by Crippen LogP contribution is -2.13. The lowest BCUT2D eigenvalue weighted by Gasteiger charge is -2.21. The number of halogens is 2. The van der Waals surface area contributed by atoms with Gasteiger partial charge in [0.1, 0.15) is 12.1 Å². The number of hydrogen-bond donors (Lipinski definition) is 0. The summed E-state index contributed by atoms with van der Waals surface area (Å²) in [6.45, 7) is 6.17. The molecule has 0 aliphatic heterocycles. The minimum atomic E-state index is -2.47. The van der Waals surface area contributed by atoms with Gasteiger partial charge in [-0.05, 0) is 47.4 Å². The summed E-state index contributed by atoms with van der Waals surface area (Å²) in [6.07, 6.45) is 1.29. The molecule has 0 bridgehead atoms. The van der Waals surface area contributed by atoms with Gasteiger partial charge in [0.05, 0.1) is 5.52 Å². The van der Waals surface area contributed by atoms with Crippen molar-refractivity contribution in [3.8, 4) is 11.1 Å². The highest BCUT2D eigenvalue weighted by molar-refractivity contribution is 5.94. The SMILES string of the molecule is CC.CCCc1ccc2c(N(C)c3cccc(-c4ccc(C(F)F)cc4)c3)nc3nncn3c2c1. The van der Waals surface area contributed by atoms with Crippen LogP contribution in [0.1, 0.15) is 44.7 Å². The summed E-state index contributed by atoms with van der Waals surface area (Å²) in [5.41, 5.74) is 5.04. The van der Waals surface area contributed by atoms with Crippen molar-refractivity contribution in [2.45, 2.75) is 40.0 Å². The molecule has 0 N–H and O–H groups in total. The molecule has 5 aromatic rings. The fourth-order valence-corrected chi connectivity index (χ4v) is 4.13. The molecule has 0 atom stereocenters. The molecule has 0 aliphatic carbocycles. The number of benzene rings is 3. The van der Waals surface area contributed by atoms with Crippen LogP contribution in [-0.4, -0.2) is 26.6 Å². The van der Waals surface area contributed by atoms with Crippen molar-refractivity contribution in [2.75, 3.05) is 11.9 Å². The summed E-state index contributed by atoms with van der Waals surface area (Å²) >= 11 is 0. The predicted octanol–water partition coefficient (Wildman–Crippen LogP) is 7.63. The van der Waals surface area contributed by atoms with Crippen LogP contribution in [0.15, 0.2) is 73.1 Å². The Kier molecular flexibility index (Phi) is 7.34. The molecule has 35 heavy (non-hydrogen) atoms. The van der Waals surface area contributed by atoms with Crippen molar-refractivity contribution >= 4 is 28.2 Å². The maximum atomic E-state index is 12.9. The normalized spacial score (nSPS) is 11.1. The first-order valence-corrected chi connectivity index (χ1v) is 11.9. The Morgan fingerprint density at radius 3 is 2.43 bits per heavy atom. The van der Waals surface area contributed by atoms with Gasteiger partial charge < -0.3 is 4.90 Å². The second-order valence-electron chi connectivity index (χ2n) is 8.07. The molecule has 5 nitrogen and oxygen atoms in total. The topological polar surface area (TPSA) is 46.3 Å². The summed E-state index contributed by atoms with van der Waals surface area (Å²) in [7, 11) is 1.97. The van der Waals surface area contributed by atoms with Crippen LogP contribution in [0, 0.1) is 0 Å². The van der Waals surface area contributed by atoms with Gasteiger partial charge in [-0.25, -0.2) is 8.78 Å². The zero-order valence-corrected chi connectivity index (χ0v) is 20.4. The summed E-state index contributed by atoms with van der Waals surface area (Å²) in [4.78, 5) is 6.80. The highest BCUT2D eigenvalue weighted by atomic mass is 19.3. The lowest BCUT2D eigenvalue weighted by atomic mass is 10.0. The van der Waals surface area contributed by atoms with Gasteiger partial charge in [-0.3, -0.25) is 4.40 Å². The molecule has 3 aromatic carbocycles. The Morgan fingerprint density at radius 2 is 1.71 bits per heavy atom. The summed E-state index contributed by atoms with van der Waals surface area (Å²) in [5.74, 6) is 1.32. The summed E-state index contributed by atoms with van der Waals surface area (Å²) < 4.78 is 27.7. The number of nitrogens with zero attached hydrogens (tertiary/aromatic N) is 5. The molecule has 0 saturated carbocycles. The molecular formula is C28H29F2N5. The van der Waals surface area contributed by atoms with E-state index in [2.05, 4.69) is 35.3 Å². The third kappa shape index (κ3) is 4.85. The maximum Gasteiger partial charge on any atom is 0.263 e. The Hall–Kier alpha value is -3.87. The van der Waals surface area contributed by atoms with E-state index in [0.717, 1.165) is 46.4 Å². The molecule has 0 unspecified atom stereocenters. The fourth-order valence-electron chi connectivity index (χ4n) is 4.13. The second kappa shape index (κ2) is 10.6. The van der Waals surface area contributed by atoms with E-state index in [0.29, 0.717) is 5.78 Å². The van der Waals surface area contributed by atoms with Crippen LogP contribution in [0.4, 0.5) is 20.3 Å². The van der Waals surface area contributed by atoms with E-state index in [4.69, 9.17) is 4.98 Å². The van der Waals surface area contributed by atoms with Gasteiger partial charge in [0, 0.05) is 23.7 Å². The van der Waals surface area contributed by atoms with Crippen molar-refractivity contribution in [3.63, 3.8) is 0 Å². The zero-order chi connectivity index (χ0) is 24.9. The molecule has 0 fully saturated rings. The summed E-state index contributed by atoms with van der Waals surface area (Å²) in [6, 6.07) is 20.8. The molecule has 7 heteroatoms. The van der Waals surface area contributed by atoms with E-state index >= 15 is 0 Å². The van der Waals surface area contributed by atoms with Crippen LogP contribution in [0.25, 0.3) is 27.8 Å². The number of aryl methyl sites for hydroxylation is 1. The number of rotatable bonds is 6. The molecule has 0 saturated heterocycles. The number of anilines is 2. The monoisotopic (exact) mass is 473 g/mol. The lowest BCUT2D eigenvalue weighted by molar-refractivity contribution is 0.151. The highest BCUT2D eigenvalue weighted by Crippen LogP contribution is 2.33. The molecule has 0 aliphatic rings. The van der Waals surface area contributed by atoms with Gasteiger partial charge in [-0.15, -0.1) is 10.2 Å². The molecule has 180 valence electrons. The summed E-state index contributed by atoms with van der Waals surface area (Å²) in [5, 5.41) is 9.23. The van der Waals surface area contributed by atoms with Crippen molar-refractivity contribution in [1.82, 2.24) is 19.6 Å². The van der Waals surface area contributed by atoms with E-state index in [9.17, 15) is 8.78 Å². The Bertz CT molecular complexity index is 1430. The van der Waals surface area contributed by atoms with Gasteiger partial charge in [0.2, 0.25) is 0 Å². The van der Waals surface area contributed by atoms with E-state index in [1.54, 1.807) is 18.5 Å². The molecule has 2 heterocycles. The van der Waals surface area contributed by atoms with Crippen molar-refractivity contribution in [1.29, 1.82) is 0 Å². The van der Waals surface area contributed by atoms with Gasteiger partial charge >= 0.3 is 0 Å². The van der Waals surface area contributed by atoms with Crippen molar-refractivity contribution in [3.05, 3.63) is 84.2 Å². The Morgan fingerprint density at radius 1 is 0.943 bits per heavy atom. The maximum absolute atomic E-state index is 12.9.